The molecule has 0 heterocycles. The van der Waals surface area contributed by atoms with Crippen LogP contribution < -0.4 is 5.43 Å². The predicted molar refractivity (Wildman–Crippen MR) is 69.4 cm³/mol. The van der Waals surface area contributed by atoms with Gasteiger partial charge in [0.2, 0.25) is 5.91 Å². The molecule has 0 unspecified atom stereocenters. The van der Waals surface area contributed by atoms with Crippen molar-refractivity contribution in [1.82, 2.24) is 5.43 Å². The lowest BCUT2D eigenvalue weighted by Gasteiger charge is -1.97. The van der Waals surface area contributed by atoms with E-state index in [9.17, 15) is 4.79 Å². The first-order chi connectivity index (χ1) is 7.72. The first-order valence-electron chi connectivity index (χ1n) is 5.30. The van der Waals surface area contributed by atoms with Gasteiger partial charge >= 0.3 is 0 Å². The number of hydrogen-bond donors (Lipinski definition) is 1. The lowest BCUT2D eigenvalue weighted by molar-refractivity contribution is -0.121. The molecule has 0 aliphatic carbocycles. The number of hydrazone groups is 1. The number of nitrogens with one attached hydrogen (secondary N) is 1. The van der Waals surface area contributed by atoms with Crippen LogP contribution in [-0.4, -0.2) is 12.1 Å². The zero-order valence-electron chi connectivity index (χ0n) is 9.24. The Morgan fingerprint density at radius 3 is 2.75 bits per heavy atom. The smallest absolute Gasteiger partial charge is 0.240 e. The van der Waals surface area contributed by atoms with Crippen LogP contribution in [0.4, 0.5) is 0 Å². The number of halogens is 1. The van der Waals surface area contributed by atoms with Gasteiger partial charge in [0.25, 0.3) is 0 Å². The summed E-state index contributed by atoms with van der Waals surface area (Å²) in [5.74, 6) is -0.0322. The summed E-state index contributed by atoms with van der Waals surface area (Å²) in [6, 6.07) is 7.71. The summed E-state index contributed by atoms with van der Waals surface area (Å²) < 4.78 is 1.02. The van der Waals surface area contributed by atoms with Crippen LogP contribution in [0.1, 0.15) is 31.7 Å². The summed E-state index contributed by atoms with van der Waals surface area (Å²) in [6.45, 7) is 2.05. The molecule has 0 fully saturated rings. The molecule has 1 aromatic rings. The quantitative estimate of drug-likeness (QED) is 0.654. The Morgan fingerprint density at radius 1 is 1.44 bits per heavy atom. The Hall–Kier alpha value is -1.16. The van der Waals surface area contributed by atoms with E-state index >= 15 is 0 Å². The maximum Gasteiger partial charge on any atom is 0.240 e. The summed E-state index contributed by atoms with van der Waals surface area (Å²) in [6.07, 6.45) is 4.09. The molecule has 0 saturated heterocycles. The molecule has 1 N–H and O–H groups in total. The number of unbranched alkanes of at least 4 members (excludes halogenated alkanes) is 1. The van der Waals surface area contributed by atoms with Gasteiger partial charge in [0.05, 0.1) is 6.21 Å². The second-order valence-corrected chi connectivity index (χ2v) is 4.36. The minimum absolute atomic E-state index is 0.0322. The molecular weight excluding hydrogens is 268 g/mol. The van der Waals surface area contributed by atoms with Crippen molar-refractivity contribution in [3.63, 3.8) is 0 Å². The van der Waals surface area contributed by atoms with E-state index in [0.29, 0.717) is 6.42 Å². The Bertz CT molecular complexity index is 360. The minimum Gasteiger partial charge on any atom is -0.273 e. The van der Waals surface area contributed by atoms with Gasteiger partial charge in [-0.3, -0.25) is 4.79 Å². The zero-order valence-corrected chi connectivity index (χ0v) is 10.8. The second kappa shape index (κ2) is 7.17. The van der Waals surface area contributed by atoms with Crippen LogP contribution in [0.15, 0.2) is 33.8 Å². The van der Waals surface area contributed by atoms with Gasteiger partial charge in [-0.1, -0.05) is 41.4 Å². The van der Waals surface area contributed by atoms with E-state index in [1.54, 1.807) is 6.21 Å². The number of benzene rings is 1. The number of rotatable bonds is 5. The Morgan fingerprint density at radius 2 is 2.12 bits per heavy atom. The fraction of sp³-hybridized carbons (Fsp3) is 0.333. The summed E-state index contributed by atoms with van der Waals surface area (Å²) in [5, 5.41) is 3.88. The first-order valence-corrected chi connectivity index (χ1v) is 6.09. The zero-order chi connectivity index (χ0) is 11.8. The molecular formula is C12H15BrN2O. The van der Waals surface area contributed by atoms with E-state index in [0.717, 1.165) is 22.9 Å². The predicted octanol–water partition coefficient (Wildman–Crippen LogP) is 3.09. The molecule has 3 nitrogen and oxygen atoms in total. The lowest BCUT2D eigenvalue weighted by Crippen LogP contribution is -2.16. The fourth-order valence-corrected chi connectivity index (χ4v) is 1.39. The van der Waals surface area contributed by atoms with Crippen molar-refractivity contribution < 1.29 is 4.79 Å². The van der Waals surface area contributed by atoms with Crippen LogP contribution in [0.3, 0.4) is 0 Å². The molecule has 0 atom stereocenters. The van der Waals surface area contributed by atoms with Gasteiger partial charge < -0.3 is 0 Å². The molecule has 0 bridgehead atoms. The average molecular weight is 283 g/mol. The topological polar surface area (TPSA) is 41.5 Å². The molecule has 0 saturated carbocycles. The molecule has 16 heavy (non-hydrogen) atoms. The second-order valence-electron chi connectivity index (χ2n) is 3.45. The molecule has 0 aromatic heterocycles. The largest absolute Gasteiger partial charge is 0.273 e. The number of carbonyl (C=O) groups is 1. The van der Waals surface area contributed by atoms with Crippen molar-refractivity contribution in [2.75, 3.05) is 0 Å². The van der Waals surface area contributed by atoms with Crippen LogP contribution >= 0.6 is 15.9 Å². The number of amides is 1. The molecule has 1 amide bonds. The van der Waals surface area contributed by atoms with Crippen LogP contribution in [-0.2, 0) is 4.79 Å². The standard InChI is InChI=1S/C12H15BrN2O/c1-2-3-4-12(16)15-14-9-10-5-7-11(13)8-6-10/h5-9H,2-4H2,1H3,(H,15,16)/b14-9-. The number of nitrogens with zero attached hydrogens (tertiary/aromatic N) is 1. The summed E-state index contributed by atoms with van der Waals surface area (Å²) in [7, 11) is 0. The van der Waals surface area contributed by atoms with Gasteiger partial charge in [0, 0.05) is 10.9 Å². The summed E-state index contributed by atoms with van der Waals surface area (Å²) in [4.78, 5) is 11.2. The average Bonchev–Trinajstić information content (AvgIpc) is 2.29. The van der Waals surface area contributed by atoms with Crippen molar-refractivity contribution >= 4 is 28.1 Å². The van der Waals surface area contributed by atoms with Gasteiger partial charge in [-0.05, 0) is 24.1 Å². The highest BCUT2D eigenvalue weighted by Gasteiger charge is 1.96. The van der Waals surface area contributed by atoms with Crippen molar-refractivity contribution in [1.29, 1.82) is 0 Å². The molecule has 0 aliphatic rings. The summed E-state index contributed by atoms with van der Waals surface area (Å²) in [5.41, 5.74) is 3.46. The molecule has 0 radical (unpaired) electrons. The van der Waals surface area contributed by atoms with Gasteiger partial charge in [-0.15, -0.1) is 0 Å². The molecule has 86 valence electrons. The van der Waals surface area contributed by atoms with Gasteiger partial charge in [-0.2, -0.15) is 5.10 Å². The number of carbonyl (C=O) groups excluding carboxylic acids is 1. The van der Waals surface area contributed by atoms with Crippen molar-refractivity contribution in [3.8, 4) is 0 Å². The van der Waals surface area contributed by atoms with Crippen molar-refractivity contribution in [2.45, 2.75) is 26.2 Å². The highest BCUT2D eigenvalue weighted by Crippen LogP contribution is 2.08. The van der Waals surface area contributed by atoms with Crippen LogP contribution in [0.25, 0.3) is 0 Å². The third kappa shape index (κ3) is 5.07. The van der Waals surface area contributed by atoms with Crippen LogP contribution in [0.5, 0.6) is 0 Å². The van der Waals surface area contributed by atoms with Gasteiger partial charge in [-0.25, -0.2) is 5.43 Å². The van der Waals surface area contributed by atoms with E-state index in [4.69, 9.17) is 0 Å². The monoisotopic (exact) mass is 282 g/mol. The van der Waals surface area contributed by atoms with E-state index < -0.39 is 0 Å². The van der Waals surface area contributed by atoms with Crippen LogP contribution in [0.2, 0.25) is 0 Å². The highest BCUT2D eigenvalue weighted by atomic mass is 79.9. The first kappa shape index (κ1) is 12.9. The van der Waals surface area contributed by atoms with E-state index in [-0.39, 0.29) is 5.91 Å². The van der Waals surface area contributed by atoms with E-state index in [2.05, 4.69) is 33.4 Å². The Labute approximate surface area is 104 Å². The molecule has 0 aliphatic heterocycles. The van der Waals surface area contributed by atoms with Crippen molar-refractivity contribution in [3.05, 3.63) is 34.3 Å². The minimum atomic E-state index is -0.0322. The molecule has 1 aromatic carbocycles. The van der Waals surface area contributed by atoms with E-state index in [1.165, 1.54) is 0 Å². The maximum absolute atomic E-state index is 11.2. The summed E-state index contributed by atoms with van der Waals surface area (Å²) >= 11 is 3.35. The van der Waals surface area contributed by atoms with E-state index in [1.807, 2.05) is 24.3 Å². The fourth-order valence-electron chi connectivity index (χ4n) is 1.12. The van der Waals surface area contributed by atoms with Gasteiger partial charge in [0.15, 0.2) is 0 Å². The maximum atomic E-state index is 11.2. The lowest BCUT2D eigenvalue weighted by atomic mass is 10.2. The normalized spacial score (nSPS) is 10.6. The van der Waals surface area contributed by atoms with Gasteiger partial charge in [0.1, 0.15) is 0 Å². The third-order valence-electron chi connectivity index (χ3n) is 2.03. The molecule has 1 rings (SSSR count). The Kier molecular flexibility index (Phi) is 5.78. The number of hydrogen-bond acceptors (Lipinski definition) is 2. The SMILES string of the molecule is CCCCC(=O)N/N=C\c1ccc(Br)cc1. The molecule has 4 heteroatoms. The Balaban J connectivity index is 2.37. The van der Waals surface area contributed by atoms with Crippen LogP contribution in [0, 0.1) is 0 Å². The molecule has 0 spiro atoms. The van der Waals surface area contributed by atoms with Crippen molar-refractivity contribution in [2.24, 2.45) is 5.10 Å². The third-order valence-corrected chi connectivity index (χ3v) is 2.56. The highest BCUT2D eigenvalue weighted by molar-refractivity contribution is 9.10.